The summed E-state index contributed by atoms with van der Waals surface area (Å²) in [4.78, 5) is 34.5. The number of nitrogens with zero attached hydrogens (tertiary/aromatic N) is 4. The highest BCUT2D eigenvalue weighted by atomic mass is 32.2. The third-order valence-corrected chi connectivity index (χ3v) is 5.08. The zero-order chi connectivity index (χ0) is 19.0. The van der Waals surface area contributed by atoms with Gasteiger partial charge in [0.05, 0.1) is 11.3 Å². The fraction of sp³-hybridized carbons (Fsp3) is 0.211. The minimum Gasteiger partial charge on any atom is -0.291 e. The number of fused-ring (bicyclic) bond motifs is 3. The van der Waals surface area contributed by atoms with Crippen LogP contribution in [-0.2, 0) is 4.79 Å². The van der Waals surface area contributed by atoms with Crippen LogP contribution >= 0.6 is 11.8 Å². The summed E-state index contributed by atoms with van der Waals surface area (Å²) in [6.07, 6.45) is 1.04. The molecule has 0 spiro atoms. The van der Waals surface area contributed by atoms with Crippen LogP contribution in [0.3, 0.4) is 0 Å². The van der Waals surface area contributed by atoms with E-state index in [0.29, 0.717) is 27.8 Å². The second-order valence-corrected chi connectivity index (χ2v) is 7.27. The van der Waals surface area contributed by atoms with E-state index in [1.165, 1.54) is 18.7 Å². The Balaban J connectivity index is 2.07. The van der Waals surface area contributed by atoms with Gasteiger partial charge in [0.15, 0.2) is 0 Å². The van der Waals surface area contributed by atoms with E-state index < -0.39 is 6.17 Å². The van der Waals surface area contributed by atoms with Gasteiger partial charge in [-0.3, -0.25) is 19.6 Å². The molecule has 1 aliphatic rings. The van der Waals surface area contributed by atoms with Gasteiger partial charge in [0.2, 0.25) is 11.1 Å². The normalized spacial score (nSPS) is 15.2. The number of nitrogens with one attached hydrogen (secondary N) is 1. The van der Waals surface area contributed by atoms with E-state index in [-0.39, 0.29) is 11.5 Å². The number of carbonyl (C=O) groups excluding carboxylic acids is 1. The van der Waals surface area contributed by atoms with Crippen molar-refractivity contribution in [3.8, 4) is 11.3 Å². The van der Waals surface area contributed by atoms with Gasteiger partial charge in [-0.15, -0.1) is 0 Å². The average molecular weight is 380 g/mol. The number of thioether (sulfide) groups is 1. The molecule has 3 heterocycles. The molecule has 8 heteroatoms. The van der Waals surface area contributed by atoms with Crippen molar-refractivity contribution in [2.75, 3.05) is 10.7 Å². The number of para-hydroxylation sites is 1. The lowest BCUT2D eigenvalue weighted by Crippen LogP contribution is -2.60. The highest BCUT2D eigenvalue weighted by Crippen LogP contribution is 2.36. The van der Waals surface area contributed by atoms with Gasteiger partial charge in [0, 0.05) is 18.2 Å². The van der Waals surface area contributed by atoms with Crippen LogP contribution in [0.2, 0.25) is 0 Å². The lowest BCUT2D eigenvalue weighted by Gasteiger charge is -2.30. The SMILES string of the molecule is CCSc1n[n+]2c(c(=O)[nH]1)-c1ccccc1N(C(C)=O)[C@H]2c1ccccn1. The molecule has 3 aromatic rings. The predicted molar refractivity (Wildman–Crippen MR) is 102 cm³/mol. The molecule has 0 fully saturated rings. The molecule has 1 aromatic carbocycles. The van der Waals surface area contributed by atoms with Crippen molar-refractivity contribution in [2.45, 2.75) is 25.2 Å². The van der Waals surface area contributed by atoms with Crippen LogP contribution in [0.1, 0.15) is 25.7 Å². The van der Waals surface area contributed by atoms with Crippen molar-refractivity contribution in [3.05, 3.63) is 64.7 Å². The van der Waals surface area contributed by atoms with Crippen LogP contribution in [-0.4, -0.2) is 26.7 Å². The fourth-order valence-electron chi connectivity index (χ4n) is 3.31. The van der Waals surface area contributed by atoms with Crippen LogP contribution in [0, 0.1) is 0 Å². The summed E-state index contributed by atoms with van der Waals surface area (Å²) in [6.45, 7) is 3.50. The van der Waals surface area contributed by atoms with Gasteiger partial charge in [0.25, 0.3) is 0 Å². The molecule has 0 saturated heterocycles. The molecule has 0 radical (unpaired) electrons. The first-order valence-corrected chi connectivity index (χ1v) is 9.59. The topological polar surface area (TPSA) is 82.8 Å². The average Bonchev–Trinajstić information content (AvgIpc) is 2.67. The standard InChI is InChI=1S/C19H17N5O2S/c1-3-27-19-21-17(26)16-13-8-4-5-10-15(13)23(12(2)25)18(24(16)22-19)14-9-6-7-11-20-14/h4-11,18H,3H2,1-2H3/p+1/t18-/m1/s1. The number of hydrogen-bond donors (Lipinski definition) is 1. The van der Waals surface area contributed by atoms with Crippen LogP contribution in [0.25, 0.3) is 11.3 Å². The Kier molecular flexibility index (Phi) is 4.49. The Morgan fingerprint density at radius 2 is 2.04 bits per heavy atom. The summed E-state index contributed by atoms with van der Waals surface area (Å²) in [6, 6.07) is 12.9. The molecule has 0 bridgehead atoms. The van der Waals surface area contributed by atoms with E-state index >= 15 is 0 Å². The highest BCUT2D eigenvalue weighted by molar-refractivity contribution is 7.99. The van der Waals surface area contributed by atoms with Gasteiger partial charge in [-0.05, 0) is 34.7 Å². The Labute approximate surface area is 160 Å². The smallest absolute Gasteiger partial charge is 0.291 e. The van der Waals surface area contributed by atoms with Crippen molar-refractivity contribution in [1.29, 1.82) is 0 Å². The molecule has 0 saturated carbocycles. The molecule has 1 aliphatic heterocycles. The Bertz CT molecular complexity index is 1070. The minimum atomic E-state index is -0.632. The maximum absolute atomic E-state index is 12.9. The number of amides is 1. The third-order valence-electron chi connectivity index (χ3n) is 4.33. The summed E-state index contributed by atoms with van der Waals surface area (Å²) in [5, 5.41) is 5.15. The van der Waals surface area contributed by atoms with Crippen molar-refractivity contribution >= 4 is 23.4 Å². The molecular weight excluding hydrogens is 362 g/mol. The van der Waals surface area contributed by atoms with Crippen LogP contribution in [0.15, 0.2) is 58.6 Å². The monoisotopic (exact) mass is 380 g/mol. The predicted octanol–water partition coefficient (Wildman–Crippen LogP) is 2.14. The molecule has 27 heavy (non-hydrogen) atoms. The lowest BCUT2D eigenvalue weighted by atomic mass is 10.0. The van der Waals surface area contributed by atoms with Crippen LogP contribution in [0.4, 0.5) is 5.69 Å². The van der Waals surface area contributed by atoms with Crippen LogP contribution < -0.4 is 15.1 Å². The molecule has 1 amide bonds. The number of rotatable bonds is 3. The molecule has 7 nitrogen and oxygen atoms in total. The second kappa shape index (κ2) is 6.96. The maximum atomic E-state index is 12.9. The Hall–Kier alpha value is -3.00. The highest BCUT2D eigenvalue weighted by Gasteiger charge is 2.45. The largest absolute Gasteiger partial charge is 0.325 e. The molecule has 2 aromatic heterocycles. The van der Waals surface area contributed by atoms with E-state index in [9.17, 15) is 9.59 Å². The Morgan fingerprint density at radius 1 is 1.26 bits per heavy atom. The first-order chi connectivity index (χ1) is 13.1. The molecule has 0 unspecified atom stereocenters. The summed E-state index contributed by atoms with van der Waals surface area (Å²) in [5.74, 6) is 0.617. The number of aromatic nitrogens is 4. The summed E-state index contributed by atoms with van der Waals surface area (Å²) in [7, 11) is 0. The van der Waals surface area contributed by atoms with E-state index in [2.05, 4.69) is 15.1 Å². The number of hydrogen-bond acceptors (Lipinski definition) is 5. The quantitative estimate of drug-likeness (QED) is 0.556. The second-order valence-electron chi connectivity index (χ2n) is 6.02. The zero-order valence-corrected chi connectivity index (χ0v) is 15.7. The molecule has 4 rings (SSSR count). The third kappa shape index (κ3) is 2.91. The number of pyridine rings is 1. The number of carbonyl (C=O) groups is 1. The van der Waals surface area contributed by atoms with E-state index in [1.807, 2.05) is 49.4 Å². The molecule has 1 atom stereocenters. The first-order valence-electron chi connectivity index (χ1n) is 8.61. The molecule has 136 valence electrons. The molecule has 1 N–H and O–H groups in total. The van der Waals surface area contributed by atoms with Gasteiger partial charge < -0.3 is 0 Å². The van der Waals surface area contributed by atoms with Crippen molar-refractivity contribution < 1.29 is 9.48 Å². The molecule has 0 aliphatic carbocycles. The van der Waals surface area contributed by atoms with Gasteiger partial charge in [-0.2, -0.15) is 0 Å². The summed E-state index contributed by atoms with van der Waals surface area (Å²) in [5.41, 5.74) is 2.15. The lowest BCUT2D eigenvalue weighted by molar-refractivity contribution is -0.763. The van der Waals surface area contributed by atoms with Crippen LogP contribution in [0.5, 0.6) is 0 Å². The van der Waals surface area contributed by atoms with Gasteiger partial charge in [-0.25, -0.2) is 4.90 Å². The van der Waals surface area contributed by atoms with E-state index in [4.69, 9.17) is 0 Å². The van der Waals surface area contributed by atoms with Crippen molar-refractivity contribution in [3.63, 3.8) is 0 Å². The maximum Gasteiger partial charge on any atom is 0.325 e. The minimum absolute atomic E-state index is 0.150. The van der Waals surface area contributed by atoms with Gasteiger partial charge >= 0.3 is 17.4 Å². The van der Waals surface area contributed by atoms with Crippen molar-refractivity contribution in [1.82, 2.24) is 15.1 Å². The number of anilines is 1. The molecular formula is C19H18N5O2S+. The zero-order valence-electron chi connectivity index (χ0n) is 14.9. The fourth-order valence-corrected chi connectivity index (χ4v) is 3.89. The van der Waals surface area contributed by atoms with E-state index in [1.54, 1.807) is 15.8 Å². The Morgan fingerprint density at radius 3 is 2.74 bits per heavy atom. The van der Waals surface area contributed by atoms with Gasteiger partial charge in [-0.1, -0.05) is 36.9 Å². The van der Waals surface area contributed by atoms with Crippen molar-refractivity contribution in [2.24, 2.45) is 0 Å². The number of benzene rings is 1. The van der Waals surface area contributed by atoms with E-state index in [0.717, 1.165) is 5.75 Å². The number of aromatic amines is 1. The summed E-state index contributed by atoms with van der Waals surface area (Å²) >= 11 is 1.44. The van der Waals surface area contributed by atoms with Gasteiger partial charge in [0.1, 0.15) is 5.69 Å². The summed E-state index contributed by atoms with van der Waals surface area (Å²) < 4.78 is 1.61. The first kappa shape index (κ1) is 17.4. The number of H-pyrrole nitrogens is 1.